The first-order valence-corrected chi connectivity index (χ1v) is 12.6. The lowest BCUT2D eigenvalue weighted by molar-refractivity contribution is -0.142. The minimum absolute atomic E-state index is 0.00156. The van der Waals surface area contributed by atoms with E-state index in [0.717, 1.165) is 27.2 Å². The second kappa shape index (κ2) is 11.9. The Morgan fingerprint density at radius 1 is 1.06 bits per heavy atom. The molecule has 2 atom stereocenters. The van der Waals surface area contributed by atoms with Gasteiger partial charge in [-0.15, -0.1) is 0 Å². The maximum absolute atomic E-state index is 13.3. The van der Waals surface area contributed by atoms with Crippen molar-refractivity contribution in [2.45, 2.75) is 45.8 Å². The molecule has 1 N–H and O–H groups in total. The van der Waals surface area contributed by atoms with Crippen LogP contribution in [0.2, 0.25) is 10.0 Å². The molecule has 5 nitrogen and oxygen atoms in total. The molecule has 0 fully saturated rings. The zero-order valence-corrected chi connectivity index (χ0v) is 22.4. The monoisotopic (exact) mass is 564 g/mol. The SMILES string of the molecule is CC[C@H](C)NC(=O)[C@@H](C)N(Cc1ccc(Cl)c(Cl)c1)C(=O)COc1ccc2ccccc2c1Br. The summed E-state index contributed by atoms with van der Waals surface area (Å²) in [6.07, 6.45) is 0.790. The molecule has 0 aliphatic carbocycles. The average molecular weight is 566 g/mol. The highest BCUT2D eigenvalue weighted by atomic mass is 79.9. The summed E-state index contributed by atoms with van der Waals surface area (Å²) in [5.74, 6) is 0.00539. The number of carbonyl (C=O) groups is 2. The Morgan fingerprint density at radius 3 is 2.50 bits per heavy atom. The van der Waals surface area contributed by atoms with Gasteiger partial charge in [-0.05, 0) is 70.7 Å². The van der Waals surface area contributed by atoms with Crippen molar-refractivity contribution in [1.82, 2.24) is 10.2 Å². The molecule has 0 bridgehead atoms. The van der Waals surface area contributed by atoms with E-state index < -0.39 is 6.04 Å². The second-order valence-electron chi connectivity index (χ2n) is 8.15. The molecule has 0 saturated carbocycles. The minimum Gasteiger partial charge on any atom is -0.483 e. The summed E-state index contributed by atoms with van der Waals surface area (Å²) in [5.41, 5.74) is 0.762. The normalized spacial score (nSPS) is 12.8. The summed E-state index contributed by atoms with van der Waals surface area (Å²) in [7, 11) is 0. The van der Waals surface area contributed by atoms with Crippen LogP contribution in [0, 0.1) is 0 Å². The van der Waals surface area contributed by atoms with E-state index in [9.17, 15) is 9.59 Å². The topological polar surface area (TPSA) is 58.6 Å². The van der Waals surface area contributed by atoms with Crippen molar-refractivity contribution in [3.8, 4) is 5.75 Å². The van der Waals surface area contributed by atoms with E-state index >= 15 is 0 Å². The van der Waals surface area contributed by atoms with Gasteiger partial charge in [-0.3, -0.25) is 9.59 Å². The van der Waals surface area contributed by atoms with Gasteiger partial charge in [-0.25, -0.2) is 0 Å². The quantitative estimate of drug-likeness (QED) is 0.317. The van der Waals surface area contributed by atoms with E-state index in [1.165, 1.54) is 4.90 Å². The van der Waals surface area contributed by atoms with Gasteiger partial charge in [-0.1, -0.05) is 66.5 Å². The van der Waals surface area contributed by atoms with Crippen LogP contribution in [0.25, 0.3) is 10.8 Å². The van der Waals surface area contributed by atoms with Gasteiger partial charge in [0.2, 0.25) is 5.91 Å². The summed E-state index contributed by atoms with van der Waals surface area (Å²) in [6, 6.07) is 16.1. The zero-order chi connectivity index (χ0) is 24.8. The molecule has 8 heteroatoms. The molecule has 0 aliphatic heterocycles. The van der Waals surface area contributed by atoms with Crippen LogP contribution in [0.15, 0.2) is 59.1 Å². The highest BCUT2D eigenvalue weighted by molar-refractivity contribution is 9.10. The lowest BCUT2D eigenvalue weighted by Crippen LogP contribution is -2.50. The Kier molecular flexibility index (Phi) is 9.23. The van der Waals surface area contributed by atoms with Gasteiger partial charge in [0.05, 0.1) is 14.5 Å². The molecule has 0 saturated heterocycles. The predicted molar refractivity (Wildman–Crippen MR) is 142 cm³/mol. The number of amides is 2. The molecule has 3 aromatic carbocycles. The number of ether oxygens (including phenoxy) is 1. The second-order valence-corrected chi connectivity index (χ2v) is 9.76. The molecular formula is C26H27BrCl2N2O3. The van der Waals surface area contributed by atoms with Crippen molar-refractivity contribution in [3.63, 3.8) is 0 Å². The highest BCUT2D eigenvalue weighted by Gasteiger charge is 2.27. The van der Waals surface area contributed by atoms with E-state index in [2.05, 4.69) is 21.2 Å². The fourth-order valence-electron chi connectivity index (χ4n) is 3.43. The number of hydrogen-bond acceptors (Lipinski definition) is 3. The lowest BCUT2D eigenvalue weighted by Gasteiger charge is -2.29. The number of fused-ring (bicyclic) bond motifs is 1. The standard InChI is InChI=1S/C26H27BrCl2N2O3/c1-4-16(2)30-26(33)17(3)31(14-18-9-11-21(28)22(29)13-18)24(32)15-34-23-12-10-19-7-5-6-8-20(19)25(23)27/h5-13,16-17H,4,14-15H2,1-3H3,(H,30,33)/t16-,17+/m0/s1. The van der Waals surface area contributed by atoms with Crippen LogP contribution in [0.5, 0.6) is 5.75 Å². The first-order chi connectivity index (χ1) is 16.2. The molecule has 2 amide bonds. The van der Waals surface area contributed by atoms with Gasteiger partial charge in [0.15, 0.2) is 6.61 Å². The van der Waals surface area contributed by atoms with Gasteiger partial charge in [0, 0.05) is 12.6 Å². The largest absolute Gasteiger partial charge is 0.483 e. The van der Waals surface area contributed by atoms with Gasteiger partial charge >= 0.3 is 0 Å². The van der Waals surface area contributed by atoms with E-state index in [4.69, 9.17) is 27.9 Å². The van der Waals surface area contributed by atoms with Crippen LogP contribution in [0.1, 0.15) is 32.8 Å². The van der Waals surface area contributed by atoms with E-state index in [0.29, 0.717) is 15.8 Å². The van der Waals surface area contributed by atoms with Crippen LogP contribution in [0.4, 0.5) is 0 Å². The number of nitrogens with zero attached hydrogens (tertiary/aromatic N) is 1. The van der Waals surface area contributed by atoms with Crippen LogP contribution in [0.3, 0.4) is 0 Å². The maximum atomic E-state index is 13.3. The van der Waals surface area contributed by atoms with Gasteiger partial charge in [0.25, 0.3) is 5.91 Å². The van der Waals surface area contributed by atoms with Gasteiger partial charge in [0.1, 0.15) is 11.8 Å². The average Bonchev–Trinajstić information content (AvgIpc) is 2.83. The first kappa shape index (κ1) is 26.3. The smallest absolute Gasteiger partial charge is 0.261 e. The predicted octanol–water partition coefficient (Wildman–Crippen LogP) is 6.62. The summed E-state index contributed by atoms with van der Waals surface area (Å²) >= 11 is 15.8. The maximum Gasteiger partial charge on any atom is 0.261 e. The Bertz CT molecular complexity index is 1190. The van der Waals surface area contributed by atoms with Crippen LogP contribution in [-0.4, -0.2) is 35.4 Å². The molecule has 0 radical (unpaired) electrons. The summed E-state index contributed by atoms with van der Waals surface area (Å²) in [4.78, 5) is 27.6. The van der Waals surface area contributed by atoms with Gasteiger partial charge in [-0.2, -0.15) is 0 Å². The summed E-state index contributed by atoms with van der Waals surface area (Å²) < 4.78 is 6.66. The fourth-order valence-corrected chi connectivity index (χ4v) is 4.36. The van der Waals surface area contributed by atoms with Gasteiger partial charge < -0.3 is 15.0 Å². The highest BCUT2D eigenvalue weighted by Crippen LogP contribution is 2.33. The molecule has 0 aromatic heterocycles. The van der Waals surface area contributed by atoms with Crippen molar-refractivity contribution in [1.29, 1.82) is 0 Å². The molecule has 0 aliphatic rings. The minimum atomic E-state index is -0.709. The third kappa shape index (κ3) is 6.44. The summed E-state index contributed by atoms with van der Waals surface area (Å²) in [6.45, 7) is 5.59. The van der Waals surface area contributed by atoms with Crippen molar-refractivity contribution >= 4 is 61.7 Å². The van der Waals surface area contributed by atoms with E-state index in [1.807, 2.05) is 50.2 Å². The van der Waals surface area contributed by atoms with E-state index in [1.54, 1.807) is 25.1 Å². The van der Waals surface area contributed by atoms with E-state index in [-0.39, 0.29) is 31.0 Å². The van der Waals surface area contributed by atoms with Crippen LogP contribution >= 0.6 is 39.1 Å². The number of hydrogen-bond donors (Lipinski definition) is 1. The fraction of sp³-hybridized carbons (Fsp3) is 0.308. The number of halogens is 3. The Labute approximate surface area is 218 Å². The number of benzene rings is 3. The van der Waals surface area contributed by atoms with Crippen LogP contribution < -0.4 is 10.1 Å². The lowest BCUT2D eigenvalue weighted by atomic mass is 10.1. The molecule has 34 heavy (non-hydrogen) atoms. The third-order valence-corrected chi connectivity index (χ3v) is 7.24. The first-order valence-electron chi connectivity index (χ1n) is 11.0. The third-order valence-electron chi connectivity index (χ3n) is 5.68. The van der Waals surface area contributed by atoms with Crippen LogP contribution in [-0.2, 0) is 16.1 Å². The Morgan fingerprint density at radius 2 is 1.79 bits per heavy atom. The molecule has 0 heterocycles. The molecule has 3 aromatic rings. The number of carbonyl (C=O) groups excluding carboxylic acids is 2. The van der Waals surface area contributed by atoms with Crippen molar-refractivity contribution in [3.05, 3.63) is 74.7 Å². The number of rotatable bonds is 9. The van der Waals surface area contributed by atoms with Crippen molar-refractivity contribution < 1.29 is 14.3 Å². The number of nitrogens with one attached hydrogen (secondary N) is 1. The zero-order valence-electron chi connectivity index (χ0n) is 19.3. The Balaban J connectivity index is 1.81. The molecule has 180 valence electrons. The summed E-state index contributed by atoms with van der Waals surface area (Å²) in [5, 5.41) is 5.81. The molecule has 3 rings (SSSR count). The molecular weight excluding hydrogens is 539 g/mol. The Hall–Kier alpha value is -2.28. The van der Waals surface area contributed by atoms with Crippen molar-refractivity contribution in [2.75, 3.05) is 6.61 Å². The molecule has 0 spiro atoms. The van der Waals surface area contributed by atoms with Crippen molar-refractivity contribution in [2.24, 2.45) is 0 Å². The molecule has 0 unspecified atom stereocenters.